The lowest BCUT2D eigenvalue weighted by atomic mass is 9.95. The van der Waals surface area contributed by atoms with Crippen molar-refractivity contribution in [1.82, 2.24) is 10.2 Å². The lowest BCUT2D eigenvalue weighted by Crippen LogP contribution is -2.44. The number of para-hydroxylation sites is 1. The van der Waals surface area contributed by atoms with Crippen molar-refractivity contribution < 1.29 is 9.53 Å². The molecule has 2 aliphatic heterocycles. The van der Waals surface area contributed by atoms with Crippen LogP contribution in [0.15, 0.2) is 24.3 Å². The Morgan fingerprint density at radius 1 is 1.26 bits per heavy atom. The molecule has 0 spiro atoms. The number of likely N-dealkylation sites (tertiary alicyclic amines) is 1. The van der Waals surface area contributed by atoms with Crippen LogP contribution in [0.2, 0.25) is 0 Å². The second kappa shape index (κ2) is 7.79. The number of benzene rings is 1. The number of rotatable bonds is 4. The van der Waals surface area contributed by atoms with Crippen molar-refractivity contribution in [3.8, 4) is 0 Å². The smallest absolute Gasteiger partial charge is 0.319 e. The molecule has 5 heteroatoms. The average molecular weight is 317 g/mol. The van der Waals surface area contributed by atoms with E-state index >= 15 is 0 Å². The molecule has 23 heavy (non-hydrogen) atoms. The fourth-order valence-corrected chi connectivity index (χ4v) is 3.45. The number of carbonyl (C=O) groups is 1. The number of urea groups is 1. The van der Waals surface area contributed by atoms with Gasteiger partial charge in [-0.3, -0.25) is 4.90 Å². The fraction of sp³-hybridized carbons (Fsp3) is 0.611. The molecule has 1 aromatic rings. The van der Waals surface area contributed by atoms with Crippen LogP contribution in [0.3, 0.4) is 0 Å². The Morgan fingerprint density at radius 3 is 2.74 bits per heavy atom. The summed E-state index contributed by atoms with van der Waals surface area (Å²) in [5, 5.41) is 5.95. The maximum atomic E-state index is 12.0. The lowest BCUT2D eigenvalue weighted by Gasteiger charge is -2.35. The highest BCUT2D eigenvalue weighted by atomic mass is 16.5. The maximum absolute atomic E-state index is 12.0. The van der Waals surface area contributed by atoms with Gasteiger partial charge < -0.3 is 15.4 Å². The minimum Gasteiger partial charge on any atom is -0.380 e. The summed E-state index contributed by atoms with van der Waals surface area (Å²) in [6.07, 6.45) is 3.48. The minimum atomic E-state index is -0.106. The summed E-state index contributed by atoms with van der Waals surface area (Å²) >= 11 is 0. The zero-order valence-electron chi connectivity index (χ0n) is 13.9. The van der Waals surface area contributed by atoms with E-state index in [-0.39, 0.29) is 6.03 Å². The van der Waals surface area contributed by atoms with Gasteiger partial charge in [0, 0.05) is 24.9 Å². The Kier molecular flexibility index (Phi) is 5.51. The third-order valence-corrected chi connectivity index (χ3v) is 5.02. The molecule has 0 unspecified atom stereocenters. The third kappa shape index (κ3) is 4.45. The van der Waals surface area contributed by atoms with Crippen LogP contribution in [0.4, 0.5) is 10.5 Å². The normalized spacial score (nSPS) is 22.9. The van der Waals surface area contributed by atoms with Gasteiger partial charge in [0.05, 0.1) is 6.61 Å². The molecule has 1 aromatic carbocycles. The first-order valence-electron chi connectivity index (χ1n) is 8.64. The van der Waals surface area contributed by atoms with Gasteiger partial charge in [-0.15, -0.1) is 0 Å². The maximum Gasteiger partial charge on any atom is 0.319 e. The third-order valence-electron chi connectivity index (χ3n) is 5.02. The standard InChI is InChI=1S/C18H27N3O2/c1-14-4-2-3-5-17(14)20-18(22)19-12-15-6-9-21(10-7-15)16-8-11-23-13-16/h2-5,15-16H,6-13H2,1H3,(H2,19,20,22)/t16-/m0/s1. The van der Waals surface area contributed by atoms with Crippen LogP contribution >= 0.6 is 0 Å². The van der Waals surface area contributed by atoms with Crippen molar-refractivity contribution in [3.63, 3.8) is 0 Å². The molecule has 2 saturated heterocycles. The Bertz CT molecular complexity index is 521. The van der Waals surface area contributed by atoms with Gasteiger partial charge >= 0.3 is 6.03 Å². The SMILES string of the molecule is Cc1ccccc1NC(=O)NCC1CCN([C@H]2CCOC2)CC1. The molecule has 2 heterocycles. The van der Waals surface area contributed by atoms with Gasteiger partial charge in [-0.25, -0.2) is 4.79 Å². The van der Waals surface area contributed by atoms with E-state index in [1.165, 1.54) is 6.42 Å². The molecule has 126 valence electrons. The van der Waals surface area contributed by atoms with Crippen LogP contribution in [0.25, 0.3) is 0 Å². The number of hydrogen-bond acceptors (Lipinski definition) is 3. The number of nitrogens with zero attached hydrogens (tertiary/aromatic N) is 1. The summed E-state index contributed by atoms with van der Waals surface area (Å²) in [4.78, 5) is 14.6. The Morgan fingerprint density at radius 2 is 2.04 bits per heavy atom. The van der Waals surface area contributed by atoms with Crippen LogP contribution in [0, 0.1) is 12.8 Å². The number of nitrogens with one attached hydrogen (secondary N) is 2. The van der Waals surface area contributed by atoms with Crippen LogP contribution in [-0.4, -0.2) is 49.8 Å². The number of piperidine rings is 1. The van der Waals surface area contributed by atoms with E-state index in [9.17, 15) is 4.79 Å². The first-order chi connectivity index (χ1) is 11.2. The number of carbonyl (C=O) groups excluding carboxylic acids is 1. The quantitative estimate of drug-likeness (QED) is 0.897. The van der Waals surface area contributed by atoms with Crippen LogP contribution in [0.1, 0.15) is 24.8 Å². The van der Waals surface area contributed by atoms with E-state index in [1.54, 1.807) is 0 Å². The molecule has 0 bridgehead atoms. The molecule has 0 aromatic heterocycles. The van der Waals surface area contributed by atoms with E-state index in [4.69, 9.17) is 4.74 Å². The Hall–Kier alpha value is -1.59. The Balaban J connectivity index is 1.38. The van der Waals surface area contributed by atoms with Crippen molar-refractivity contribution in [2.75, 3.05) is 38.2 Å². The highest BCUT2D eigenvalue weighted by Gasteiger charge is 2.27. The first-order valence-corrected chi connectivity index (χ1v) is 8.64. The summed E-state index contributed by atoms with van der Waals surface area (Å²) in [5.41, 5.74) is 1.95. The molecule has 2 amide bonds. The van der Waals surface area contributed by atoms with E-state index in [1.807, 2.05) is 31.2 Å². The zero-order valence-corrected chi connectivity index (χ0v) is 13.9. The molecule has 0 aliphatic carbocycles. The lowest BCUT2D eigenvalue weighted by molar-refractivity contribution is 0.110. The van der Waals surface area contributed by atoms with Crippen molar-refractivity contribution in [3.05, 3.63) is 29.8 Å². The predicted molar refractivity (Wildman–Crippen MR) is 91.7 cm³/mol. The van der Waals surface area contributed by atoms with Crippen molar-refractivity contribution >= 4 is 11.7 Å². The monoisotopic (exact) mass is 317 g/mol. The molecule has 0 saturated carbocycles. The van der Waals surface area contributed by atoms with Crippen LogP contribution in [0.5, 0.6) is 0 Å². The summed E-state index contributed by atoms with van der Waals surface area (Å²) in [7, 11) is 0. The van der Waals surface area contributed by atoms with E-state index in [0.717, 1.165) is 56.9 Å². The van der Waals surface area contributed by atoms with Gasteiger partial charge in [-0.2, -0.15) is 0 Å². The number of amides is 2. The highest BCUT2D eigenvalue weighted by Crippen LogP contribution is 2.22. The van der Waals surface area contributed by atoms with Crippen molar-refractivity contribution in [1.29, 1.82) is 0 Å². The first kappa shape index (κ1) is 16.3. The molecule has 2 fully saturated rings. The number of aryl methyl sites for hydroxylation is 1. The van der Waals surface area contributed by atoms with Crippen molar-refractivity contribution in [2.45, 2.75) is 32.2 Å². The second-order valence-corrected chi connectivity index (χ2v) is 6.65. The second-order valence-electron chi connectivity index (χ2n) is 6.65. The molecular weight excluding hydrogens is 290 g/mol. The molecule has 0 radical (unpaired) electrons. The summed E-state index contributed by atoms with van der Waals surface area (Å²) in [5.74, 6) is 0.580. The molecule has 2 aliphatic rings. The Labute approximate surface area is 138 Å². The molecule has 2 N–H and O–H groups in total. The molecule has 5 nitrogen and oxygen atoms in total. The van der Waals surface area contributed by atoms with Gasteiger partial charge in [0.1, 0.15) is 0 Å². The van der Waals surface area contributed by atoms with E-state index < -0.39 is 0 Å². The van der Waals surface area contributed by atoms with E-state index in [0.29, 0.717) is 12.0 Å². The van der Waals surface area contributed by atoms with Gasteiger partial charge in [-0.1, -0.05) is 18.2 Å². The fourth-order valence-electron chi connectivity index (χ4n) is 3.45. The van der Waals surface area contributed by atoms with Crippen LogP contribution < -0.4 is 10.6 Å². The van der Waals surface area contributed by atoms with Gasteiger partial charge in [0.2, 0.25) is 0 Å². The molecule has 3 rings (SSSR count). The van der Waals surface area contributed by atoms with E-state index in [2.05, 4.69) is 15.5 Å². The predicted octanol–water partition coefficient (Wildman–Crippen LogP) is 2.62. The zero-order chi connectivity index (χ0) is 16.1. The molecular formula is C18H27N3O2. The minimum absolute atomic E-state index is 0.106. The van der Waals surface area contributed by atoms with Gasteiger partial charge in [0.15, 0.2) is 0 Å². The summed E-state index contributed by atoms with van der Waals surface area (Å²) < 4.78 is 5.48. The topological polar surface area (TPSA) is 53.6 Å². The average Bonchev–Trinajstić information content (AvgIpc) is 3.10. The number of anilines is 1. The number of ether oxygens (including phenoxy) is 1. The van der Waals surface area contributed by atoms with Crippen molar-refractivity contribution in [2.24, 2.45) is 5.92 Å². The largest absolute Gasteiger partial charge is 0.380 e. The summed E-state index contributed by atoms with van der Waals surface area (Å²) in [6, 6.07) is 8.35. The highest BCUT2D eigenvalue weighted by molar-refractivity contribution is 5.89. The van der Waals surface area contributed by atoms with Gasteiger partial charge in [0.25, 0.3) is 0 Å². The van der Waals surface area contributed by atoms with Gasteiger partial charge in [-0.05, 0) is 56.8 Å². The number of hydrogen-bond donors (Lipinski definition) is 2. The summed E-state index contributed by atoms with van der Waals surface area (Å²) in [6.45, 7) is 6.80. The molecule has 1 atom stereocenters. The van der Waals surface area contributed by atoms with Crippen LogP contribution in [-0.2, 0) is 4.74 Å².